The van der Waals surface area contributed by atoms with Gasteiger partial charge in [-0.2, -0.15) is 0 Å². The van der Waals surface area contributed by atoms with Gasteiger partial charge in [-0.25, -0.2) is 0 Å². The van der Waals surface area contributed by atoms with Gasteiger partial charge in [-0.05, 0) is 34.8 Å². The summed E-state index contributed by atoms with van der Waals surface area (Å²) in [4.78, 5) is 10.6. The fourth-order valence-electron chi connectivity index (χ4n) is 1.78. The molecule has 1 rings (SSSR count). The van der Waals surface area contributed by atoms with Crippen molar-refractivity contribution in [1.82, 2.24) is 0 Å². The summed E-state index contributed by atoms with van der Waals surface area (Å²) < 4.78 is 11.6. The van der Waals surface area contributed by atoms with Crippen LogP contribution in [0.4, 0.5) is 0 Å². The first kappa shape index (κ1) is 14.0. The fourth-order valence-corrected chi connectivity index (χ4v) is 2.36. The highest BCUT2D eigenvalue weighted by atomic mass is 79.9. The highest BCUT2D eigenvalue weighted by molar-refractivity contribution is 9.10. The maximum absolute atomic E-state index is 10.6. The largest absolute Gasteiger partial charge is 0.496 e. The van der Waals surface area contributed by atoms with E-state index in [1.165, 1.54) is 0 Å². The Hall–Kier alpha value is -1.03. The molecule has 1 atom stereocenters. The molecule has 0 aliphatic heterocycles. The molecule has 17 heavy (non-hydrogen) atoms. The lowest BCUT2D eigenvalue weighted by atomic mass is 9.95. The molecule has 0 fully saturated rings. The summed E-state index contributed by atoms with van der Waals surface area (Å²) in [7, 11) is 3.26. The number of carbonyl (C=O) groups is 1. The Bertz CT molecular complexity index is 416. The van der Waals surface area contributed by atoms with Crippen molar-refractivity contribution < 1.29 is 14.3 Å². The highest BCUT2D eigenvalue weighted by Gasteiger charge is 2.18. The maximum atomic E-state index is 10.6. The zero-order valence-electron chi connectivity index (χ0n) is 10.5. The standard InChI is InChI=1S/C13H17BrO3/c1-8(5-6-15)10-7-11(16-3)9(2)12(14)13(10)17-4/h6-8H,5H2,1-4H3. The van der Waals surface area contributed by atoms with Crippen molar-refractivity contribution in [2.24, 2.45) is 0 Å². The molecular formula is C13H17BrO3. The van der Waals surface area contributed by atoms with Crippen LogP contribution in [0.3, 0.4) is 0 Å². The SMILES string of the molecule is COc1cc(C(C)CC=O)c(OC)c(Br)c1C. The molecule has 1 aromatic carbocycles. The van der Waals surface area contributed by atoms with Gasteiger partial charge in [0.05, 0.1) is 18.7 Å². The number of hydrogen-bond donors (Lipinski definition) is 0. The van der Waals surface area contributed by atoms with Gasteiger partial charge in [0.2, 0.25) is 0 Å². The third-order valence-electron chi connectivity index (χ3n) is 2.85. The Morgan fingerprint density at radius 1 is 1.41 bits per heavy atom. The van der Waals surface area contributed by atoms with Gasteiger partial charge >= 0.3 is 0 Å². The number of aldehydes is 1. The van der Waals surface area contributed by atoms with E-state index in [4.69, 9.17) is 9.47 Å². The van der Waals surface area contributed by atoms with Gasteiger partial charge in [-0.1, -0.05) is 6.92 Å². The van der Waals surface area contributed by atoms with Crippen molar-refractivity contribution in [2.75, 3.05) is 14.2 Å². The second-order valence-corrected chi connectivity index (χ2v) is 4.74. The van der Waals surface area contributed by atoms with E-state index in [1.54, 1.807) is 14.2 Å². The Morgan fingerprint density at radius 3 is 2.53 bits per heavy atom. The van der Waals surface area contributed by atoms with Crippen LogP contribution in [0.15, 0.2) is 10.5 Å². The molecule has 0 amide bonds. The molecule has 0 aromatic heterocycles. The lowest BCUT2D eigenvalue weighted by molar-refractivity contribution is -0.108. The third-order valence-corrected chi connectivity index (χ3v) is 3.81. The molecule has 94 valence electrons. The number of carbonyl (C=O) groups excluding carboxylic acids is 1. The minimum atomic E-state index is 0.105. The molecule has 0 saturated heterocycles. The van der Waals surface area contributed by atoms with Crippen molar-refractivity contribution in [3.05, 3.63) is 21.7 Å². The Kier molecular flexibility index (Phi) is 5.00. The quantitative estimate of drug-likeness (QED) is 0.781. The van der Waals surface area contributed by atoms with Crippen molar-refractivity contribution in [3.63, 3.8) is 0 Å². The topological polar surface area (TPSA) is 35.5 Å². The van der Waals surface area contributed by atoms with Crippen LogP contribution in [0.2, 0.25) is 0 Å². The highest BCUT2D eigenvalue weighted by Crippen LogP contribution is 2.41. The number of methoxy groups -OCH3 is 2. The monoisotopic (exact) mass is 300 g/mol. The van der Waals surface area contributed by atoms with E-state index in [1.807, 2.05) is 19.9 Å². The predicted molar refractivity (Wildman–Crippen MR) is 71.1 cm³/mol. The molecular weight excluding hydrogens is 284 g/mol. The van der Waals surface area contributed by atoms with Crippen LogP contribution in [0.1, 0.15) is 30.4 Å². The van der Waals surface area contributed by atoms with Gasteiger partial charge < -0.3 is 14.3 Å². The van der Waals surface area contributed by atoms with Crippen LogP contribution < -0.4 is 9.47 Å². The summed E-state index contributed by atoms with van der Waals surface area (Å²) >= 11 is 3.51. The summed E-state index contributed by atoms with van der Waals surface area (Å²) in [5.74, 6) is 1.68. The second kappa shape index (κ2) is 6.05. The van der Waals surface area contributed by atoms with Crippen molar-refractivity contribution in [2.45, 2.75) is 26.2 Å². The van der Waals surface area contributed by atoms with Gasteiger partial charge in [0, 0.05) is 17.5 Å². The zero-order valence-corrected chi connectivity index (χ0v) is 12.1. The van der Waals surface area contributed by atoms with Crippen LogP contribution in [0.5, 0.6) is 11.5 Å². The van der Waals surface area contributed by atoms with Gasteiger partial charge in [-0.15, -0.1) is 0 Å². The van der Waals surface area contributed by atoms with E-state index in [-0.39, 0.29) is 5.92 Å². The fraction of sp³-hybridized carbons (Fsp3) is 0.462. The molecule has 4 heteroatoms. The lowest BCUT2D eigenvalue weighted by Gasteiger charge is -2.18. The first-order chi connectivity index (χ1) is 8.06. The maximum Gasteiger partial charge on any atom is 0.137 e. The molecule has 1 aromatic rings. The van der Waals surface area contributed by atoms with E-state index in [2.05, 4.69) is 15.9 Å². The first-order valence-corrected chi connectivity index (χ1v) is 6.20. The molecule has 0 spiro atoms. The van der Waals surface area contributed by atoms with E-state index in [0.29, 0.717) is 6.42 Å². The number of ether oxygens (including phenoxy) is 2. The number of hydrogen-bond acceptors (Lipinski definition) is 3. The van der Waals surface area contributed by atoms with E-state index < -0.39 is 0 Å². The summed E-state index contributed by atoms with van der Waals surface area (Å²) in [5.41, 5.74) is 1.97. The molecule has 0 saturated carbocycles. The molecule has 1 unspecified atom stereocenters. The average Bonchev–Trinajstić information content (AvgIpc) is 2.32. The van der Waals surface area contributed by atoms with Crippen molar-refractivity contribution >= 4 is 22.2 Å². The first-order valence-electron chi connectivity index (χ1n) is 5.41. The summed E-state index contributed by atoms with van der Waals surface area (Å²) in [6.45, 7) is 3.95. The minimum Gasteiger partial charge on any atom is -0.496 e. The molecule has 0 aliphatic rings. The van der Waals surface area contributed by atoms with Gasteiger partial charge in [0.25, 0.3) is 0 Å². The lowest BCUT2D eigenvalue weighted by Crippen LogP contribution is -2.02. The Balaban J connectivity index is 3.36. The van der Waals surface area contributed by atoms with E-state index in [0.717, 1.165) is 33.4 Å². The van der Waals surface area contributed by atoms with Crippen LogP contribution in [0, 0.1) is 6.92 Å². The number of halogens is 1. The van der Waals surface area contributed by atoms with Crippen LogP contribution >= 0.6 is 15.9 Å². The van der Waals surface area contributed by atoms with E-state index in [9.17, 15) is 4.79 Å². The predicted octanol–water partition coefficient (Wildman–Crippen LogP) is 3.47. The van der Waals surface area contributed by atoms with Gasteiger partial charge in [0.1, 0.15) is 17.8 Å². The Morgan fingerprint density at radius 2 is 2.06 bits per heavy atom. The third kappa shape index (κ3) is 2.80. The summed E-state index contributed by atoms with van der Waals surface area (Å²) in [6.07, 6.45) is 1.39. The van der Waals surface area contributed by atoms with E-state index >= 15 is 0 Å². The second-order valence-electron chi connectivity index (χ2n) is 3.94. The summed E-state index contributed by atoms with van der Waals surface area (Å²) in [5, 5.41) is 0. The summed E-state index contributed by atoms with van der Waals surface area (Å²) in [6, 6.07) is 1.94. The van der Waals surface area contributed by atoms with Gasteiger partial charge in [0.15, 0.2) is 0 Å². The number of benzene rings is 1. The molecule has 0 N–H and O–H groups in total. The molecule has 0 bridgehead atoms. The molecule has 0 aliphatic carbocycles. The van der Waals surface area contributed by atoms with Crippen LogP contribution in [-0.2, 0) is 4.79 Å². The smallest absolute Gasteiger partial charge is 0.137 e. The number of rotatable bonds is 5. The van der Waals surface area contributed by atoms with Crippen molar-refractivity contribution in [1.29, 1.82) is 0 Å². The normalized spacial score (nSPS) is 12.1. The minimum absolute atomic E-state index is 0.105. The van der Waals surface area contributed by atoms with Crippen LogP contribution in [-0.4, -0.2) is 20.5 Å². The molecule has 0 radical (unpaired) electrons. The molecule has 0 heterocycles. The molecule has 3 nitrogen and oxygen atoms in total. The Labute approximate surface area is 110 Å². The van der Waals surface area contributed by atoms with Crippen LogP contribution in [0.25, 0.3) is 0 Å². The van der Waals surface area contributed by atoms with Crippen molar-refractivity contribution in [3.8, 4) is 11.5 Å². The van der Waals surface area contributed by atoms with Gasteiger partial charge in [-0.3, -0.25) is 0 Å². The zero-order chi connectivity index (χ0) is 13.0. The average molecular weight is 301 g/mol.